The van der Waals surface area contributed by atoms with E-state index in [1.807, 2.05) is 0 Å². The molecule has 1 aliphatic heterocycles. The summed E-state index contributed by atoms with van der Waals surface area (Å²) in [7, 11) is 0. The van der Waals surface area contributed by atoms with E-state index in [2.05, 4.69) is 33.8 Å². The maximum Gasteiger partial charge on any atom is 0.343 e. The lowest BCUT2D eigenvalue weighted by molar-refractivity contribution is -0.0505. The molecule has 2 fully saturated rings. The topological polar surface area (TPSA) is 103 Å². The van der Waals surface area contributed by atoms with Gasteiger partial charge in [-0.2, -0.15) is 0 Å². The standard InChI is InChI=1S/C28H38O6/c1-15-7-8-21-26(3,4)9-6-10-27(21,5)19(15)14-28-22(30)13-17(23(31)24(28)34-28)12-18-20(29)11-16(2)33-25(18)32/h7,11,13,19,21-24,29-31H,6,8-10,12,14H2,1-5H3/t19-,21-,22+,23-,24-,27+,28-/m0/s1. The summed E-state index contributed by atoms with van der Waals surface area (Å²) in [5.41, 5.74) is 0.897. The first kappa shape index (κ1) is 23.8. The molecule has 0 spiro atoms. The zero-order chi connectivity index (χ0) is 24.6. The minimum atomic E-state index is -0.942. The molecule has 3 N–H and O–H groups in total. The van der Waals surface area contributed by atoms with Crippen LogP contribution < -0.4 is 5.63 Å². The number of hydrogen-bond acceptors (Lipinski definition) is 6. The molecule has 6 nitrogen and oxygen atoms in total. The number of allylic oxidation sites excluding steroid dienone is 2. The third kappa shape index (κ3) is 3.52. The number of rotatable bonds is 4. The van der Waals surface area contributed by atoms with Gasteiger partial charge in [-0.3, -0.25) is 0 Å². The first-order chi connectivity index (χ1) is 15.9. The van der Waals surface area contributed by atoms with Crippen LogP contribution in [0, 0.1) is 29.6 Å². The van der Waals surface area contributed by atoms with Gasteiger partial charge in [-0.05, 0) is 67.8 Å². The highest BCUT2D eigenvalue weighted by Crippen LogP contribution is 2.63. The van der Waals surface area contributed by atoms with Crippen molar-refractivity contribution in [3.63, 3.8) is 0 Å². The van der Waals surface area contributed by atoms with E-state index in [1.165, 1.54) is 30.9 Å². The highest BCUT2D eigenvalue weighted by Gasteiger charge is 2.68. The third-order valence-corrected chi connectivity index (χ3v) is 9.66. The maximum atomic E-state index is 12.3. The number of aliphatic hydroxyl groups is 2. The van der Waals surface area contributed by atoms with Crippen LogP contribution in [0.3, 0.4) is 0 Å². The Morgan fingerprint density at radius 2 is 1.88 bits per heavy atom. The molecule has 0 radical (unpaired) electrons. The van der Waals surface area contributed by atoms with Crippen molar-refractivity contribution in [3.05, 3.63) is 51.1 Å². The van der Waals surface area contributed by atoms with Crippen molar-refractivity contribution in [1.29, 1.82) is 0 Å². The smallest absolute Gasteiger partial charge is 0.343 e. The summed E-state index contributed by atoms with van der Waals surface area (Å²) < 4.78 is 11.2. The fraction of sp³-hybridized carbons (Fsp3) is 0.679. The summed E-state index contributed by atoms with van der Waals surface area (Å²) in [6.07, 6.45) is 7.05. The normalized spacial score (nSPS) is 40.6. The minimum absolute atomic E-state index is 0.0128. The molecule has 3 aliphatic carbocycles. The monoisotopic (exact) mass is 470 g/mol. The molecule has 2 heterocycles. The Balaban J connectivity index is 1.42. The number of aliphatic hydroxyl groups excluding tert-OH is 2. The second-order valence-electron chi connectivity index (χ2n) is 12.2. The summed E-state index contributed by atoms with van der Waals surface area (Å²) in [5.74, 6) is 1.02. The van der Waals surface area contributed by atoms with E-state index in [4.69, 9.17) is 9.15 Å². The number of ether oxygens (including phenoxy) is 1. The van der Waals surface area contributed by atoms with Gasteiger partial charge in [0.15, 0.2) is 0 Å². The van der Waals surface area contributed by atoms with Crippen LogP contribution >= 0.6 is 0 Å². The van der Waals surface area contributed by atoms with Gasteiger partial charge in [0.2, 0.25) is 0 Å². The van der Waals surface area contributed by atoms with E-state index in [-0.39, 0.29) is 34.5 Å². The Morgan fingerprint density at radius 1 is 1.15 bits per heavy atom. The van der Waals surface area contributed by atoms with Crippen molar-refractivity contribution in [2.75, 3.05) is 0 Å². The van der Waals surface area contributed by atoms with E-state index in [0.29, 0.717) is 23.7 Å². The molecule has 0 amide bonds. The van der Waals surface area contributed by atoms with Gasteiger partial charge in [-0.15, -0.1) is 0 Å². The second-order valence-corrected chi connectivity index (χ2v) is 12.2. The Labute approximate surface area is 201 Å². The van der Waals surface area contributed by atoms with Crippen LogP contribution in [0.5, 0.6) is 5.75 Å². The maximum absolute atomic E-state index is 12.3. The lowest BCUT2D eigenvalue weighted by Gasteiger charge is -2.57. The number of aromatic hydroxyl groups is 1. The van der Waals surface area contributed by atoms with Gasteiger partial charge in [0.05, 0.1) is 5.56 Å². The molecule has 5 rings (SSSR count). The van der Waals surface area contributed by atoms with Gasteiger partial charge in [-0.1, -0.05) is 44.9 Å². The average molecular weight is 471 g/mol. The Morgan fingerprint density at radius 3 is 2.59 bits per heavy atom. The SMILES string of the molecule is CC1=CC[C@H]2C(C)(C)CCC[C@]2(C)[C@H]1C[C@@]12O[C@H]1[C@@H](O)C(Cc1c(O)cc(C)oc1=O)=C[C@H]2O. The largest absolute Gasteiger partial charge is 0.507 e. The lowest BCUT2D eigenvalue weighted by Crippen LogP contribution is -2.51. The first-order valence-electron chi connectivity index (χ1n) is 12.6. The van der Waals surface area contributed by atoms with Gasteiger partial charge in [0, 0.05) is 12.5 Å². The Hall–Kier alpha value is -1.89. The van der Waals surface area contributed by atoms with Crippen LogP contribution in [0.1, 0.15) is 71.1 Å². The zero-order valence-electron chi connectivity index (χ0n) is 20.9. The van der Waals surface area contributed by atoms with Crippen LogP contribution in [-0.2, 0) is 11.2 Å². The molecule has 1 aromatic heterocycles. The van der Waals surface area contributed by atoms with Crippen molar-refractivity contribution in [2.24, 2.45) is 22.7 Å². The van der Waals surface area contributed by atoms with Crippen molar-refractivity contribution >= 4 is 0 Å². The van der Waals surface area contributed by atoms with Gasteiger partial charge in [-0.25, -0.2) is 4.79 Å². The van der Waals surface area contributed by atoms with Gasteiger partial charge < -0.3 is 24.5 Å². The molecule has 0 unspecified atom stereocenters. The molecule has 1 aromatic rings. The molecule has 1 saturated heterocycles. The molecule has 1 saturated carbocycles. The van der Waals surface area contributed by atoms with Gasteiger partial charge in [0.25, 0.3) is 0 Å². The van der Waals surface area contributed by atoms with Crippen molar-refractivity contribution in [2.45, 2.75) is 97.1 Å². The molecule has 0 aromatic carbocycles. The second kappa shape index (κ2) is 7.81. The highest BCUT2D eigenvalue weighted by atomic mass is 16.6. The Kier molecular flexibility index (Phi) is 5.47. The first-order valence-corrected chi connectivity index (χ1v) is 12.6. The summed E-state index contributed by atoms with van der Waals surface area (Å²) in [5, 5.41) is 32.6. The van der Waals surface area contributed by atoms with E-state index in [0.717, 1.165) is 6.42 Å². The molecular weight excluding hydrogens is 432 g/mol. The summed E-state index contributed by atoms with van der Waals surface area (Å²) in [4.78, 5) is 12.3. The molecule has 34 heavy (non-hydrogen) atoms. The quantitative estimate of drug-likeness (QED) is 0.450. The van der Waals surface area contributed by atoms with Crippen molar-refractivity contribution in [1.82, 2.24) is 0 Å². The molecule has 6 heteroatoms. The molecule has 0 bridgehead atoms. The van der Waals surface area contributed by atoms with Crippen molar-refractivity contribution in [3.8, 4) is 5.75 Å². The predicted octanol–water partition coefficient (Wildman–Crippen LogP) is 4.18. The number of fused-ring (bicyclic) bond motifs is 2. The van der Waals surface area contributed by atoms with E-state index in [1.54, 1.807) is 13.0 Å². The summed E-state index contributed by atoms with van der Waals surface area (Å²) in [6, 6.07) is 1.39. The van der Waals surface area contributed by atoms with E-state index in [9.17, 15) is 20.1 Å². The lowest BCUT2D eigenvalue weighted by atomic mass is 9.47. The zero-order valence-corrected chi connectivity index (χ0v) is 20.9. The van der Waals surface area contributed by atoms with Crippen LogP contribution in [0.25, 0.3) is 0 Å². The minimum Gasteiger partial charge on any atom is -0.507 e. The van der Waals surface area contributed by atoms with Crippen molar-refractivity contribution < 1.29 is 24.5 Å². The fourth-order valence-corrected chi connectivity index (χ4v) is 7.70. The molecule has 186 valence electrons. The third-order valence-electron chi connectivity index (χ3n) is 9.66. The van der Waals surface area contributed by atoms with Crippen LogP contribution in [0.4, 0.5) is 0 Å². The highest BCUT2D eigenvalue weighted by molar-refractivity contribution is 5.39. The van der Waals surface area contributed by atoms with Gasteiger partial charge in [0.1, 0.15) is 35.4 Å². The van der Waals surface area contributed by atoms with Crippen LogP contribution in [0.2, 0.25) is 0 Å². The molecular formula is C28H38O6. The number of aryl methyl sites for hydroxylation is 1. The fourth-order valence-electron chi connectivity index (χ4n) is 7.70. The number of epoxide rings is 1. The number of hydrogen-bond donors (Lipinski definition) is 3. The van der Waals surface area contributed by atoms with Crippen LogP contribution in [-0.4, -0.2) is 39.2 Å². The van der Waals surface area contributed by atoms with Gasteiger partial charge >= 0.3 is 5.63 Å². The Bertz CT molecular complexity index is 1110. The average Bonchev–Trinajstić information content (AvgIpc) is 3.47. The molecule has 4 aliphatic rings. The summed E-state index contributed by atoms with van der Waals surface area (Å²) in [6.45, 7) is 11.0. The predicted molar refractivity (Wildman–Crippen MR) is 128 cm³/mol. The van der Waals surface area contributed by atoms with E-state index < -0.39 is 29.5 Å². The molecule has 7 atom stereocenters. The van der Waals surface area contributed by atoms with Crippen LogP contribution in [0.15, 0.2) is 38.6 Å². The summed E-state index contributed by atoms with van der Waals surface area (Å²) >= 11 is 0. The van der Waals surface area contributed by atoms with E-state index >= 15 is 0 Å².